The van der Waals surface area contributed by atoms with E-state index in [9.17, 15) is 0 Å². The van der Waals surface area contributed by atoms with E-state index in [1.807, 2.05) is 0 Å². The van der Waals surface area contributed by atoms with Gasteiger partial charge in [0.15, 0.2) is 0 Å². The summed E-state index contributed by atoms with van der Waals surface area (Å²) in [6.07, 6.45) is 8.66. The predicted octanol–water partition coefficient (Wildman–Crippen LogP) is 2.00. The van der Waals surface area contributed by atoms with Crippen LogP contribution < -0.4 is 5.32 Å². The summed E-state index contributed by atoms with van der Waals surface area (Å²) in [6.45, 7) is 5.08. The summed E-state index contributed by atoms with van der Waals surface area (Å²) in [5.41, 5.74) is 0. The zero-order valence-electron chi connectivity index (χ0n) is 9.91. The van der Waals surface area contributed by atoms with Gasteiger partial charge in [0.2, 0.25) is 0 Å². The lowest BCUT2D eigenvalue weighted by Crippen LogP contribution is -2.48. The maximum atomic E-state index is 3.70. The molecule has 1 aliphatic carbocycles. The van der Waals surface area contributed by atoms with Gasteiger partial charge in [0.25, 0.3) is 0 Å². The summed E-state index contributed by atoms with van der Waals surface area (Å²) in [5.74, 6) is 1.03. The number of hydrogen-bond donors (Lipinski definition) is 1. The van der Waals surface area contributed by atoms with E-state index in [1.165, 1.54) is 51.6 Å². The lowest BCUT2D eigenvalue weighted by atomic mass is 10.0. The lowest BCUT2D eigenvalue weighted by Gasteiger charge is -2.34. The van der Waals surface area contributed by atoms with Crippen molar-refractivity contribution in [3.8, 4) is 0 Å². The van der Waals surface area contributed by atoms with E-state index in [1.54, 1.807) is 0 Å². The van der Waals surface area contributed by atoms with Crippen LogP contribution >= 0.6 is 0 Å². The molecule has 86 valence electrons. The van der Waals surface area contributed by atoms with Crippen molar-refractivity contribution in [3.05, 3.63) is 0 Å². The summed E-state index contributed by atoms with van der Waals surface area (Å²) in [5, 5.41) is 3.70. The normalized spacial score (nSPS) is 39.8. The third-order valence-corrected chi connectivity index (χ3v) is 4.73. The Morgan fingerprint density at radius 2 is 2.00 bits per heavy atom. The van der Waals surface area contributed by atoms with Crippen LogP contribution in [0.15, 0.2) is 0 Å². The molecule has 0 radical (unpaired) electrons. The van der Waals surface area contributed by atoms with Crippen molar-refractivity contribution in [2.75, 3.05) is 13.1 Å². The molecule has 3 aliphatic rings. The Hall–Kier alpha value is -0.0800. The largest absolute Gasteiger partial charge is 0.312 e. The van der Waals surface area contributed by atoms with E-state index in [-0.39, 0.29) is 0 Å². The van der Waals surface area contributed by atoms with Gasteiger partial charge in [-0.25, -0.2) is 0 Å². The molecule has 1 N–H and O–H groups in total. The van der Waals surface area contributed by atoms with Crippen molar-refractivity contribution < 1.29 is 0 Å². The van der Waals surface area contributed by atoms with Crippen molar-refractivity contribution in [2.45, 2.75) is 63.6 Å². The van der Waals surface area contributed by atoms with E-state index < -0.39 is 0 Å². The quantitative estimate of drug-likeness (QED) is 0.763. The molecule has 0 spiro atoms. The lowest BCUT2D eigenvalue weighted by molar-refractivity contribution is 0.148. The molecule has 0 amide bonds. The molecule has 3 fully saturated rings. The van der Waals surface area contributed by atoms with Gasteiger partial charge in [-0.3, -0.25) is 4.90 Å². The molecule has 1 saturated carbocycles. The van der Waals surface area contributed by atoms with Crippen LogP contribution in [0.4, 0.5) is 0 Å². The van der Waals surface area contributed by atoms with Crippen molar-refractivity contribution in [1.29, 1.82) is 0 Å². The van der Waals surface area contributed by atoms with Gasteiger partial charge in [-0.05, 0) is 64.5 Å². The molecule has 3 rings (SSSR count). The second-order valence-electron chi connectivity index (χ2n) is 5.73. The highest BCUT2D eigenvalue weighted by molar-refractivity contribution is 4.97. The van der Waals surface area contributed by atoms with Gasteiger partial charge in [0, 0.05) is 18.1 Å². The standard InChI is InChI=1S/C13H24N2/c1-10(11-6-7-11)15-9-3-5-13(15)12-4-2-8-14-12/h10-14H,2-9H2,1H3. The van der Waals surface area contributed by atoms with Gasteiger partial charge in [-0.2, -0.15) is 0 Å². The van der Waals surface area contributed by atoms with E-state index >= 15 is 0 Å². The fourth-order valence-electron chi connectivity index (χ4n) is 3.64. The third-order valence-electron chi connectivity index (χ3n) is 4.73. The smallest absolute Gasteiger partial charge is 0.0252 e. The first kappa shape index (κ1) is 10.1. The van der Waals surface area contributed by atoms with Crippen molar-refractivity contribution >= 4 is 0 Å². The zero-order chi connectivity index (χ0) is 10.3. The van der Waals surface area contributed by atoms with Crippen molar-refractivity contribution in [2.24, 2.45) is 5.92 Å². The second kappa shape index (κ2) is 4.06. The highest BCUT2D eigenvalue weighted by atomic mass is 15.2. The van der Waals surface area contributed by atoms with Crippen LogP contribution in [-0.2, 0) is 0 Å². The molecule has 3 unspecified atom stereocenters. The molecular weight excluding hydrogens is 184 g/mol. The summed E-state index contributed by atoms with van der Waals surface area (Å²) in [6, 6.07) is 2.54. The molecular formula is C13H24N2. The van der Waals surface area contributed by atoms with Crippen LogP contribution in [0.25, 0.3) is 0 Å². The molecule has 2 aliphatic heterocycles. The number of likely N-dealkylation sites (tertiary alicyclic amines) is 1. The minimum absolute atomic E-state index is 0.814. The van der Waals surface area contributed by atoms with E-state index in [0.29, 0.717) is 0 Å². The molecule has 15 heavy (non-hydrogen) atoms. The van der Waals surface area contributed by atoms with Crippen LogP contribution in [0.5, 0.6) is 0 Å². The summed E-state index contributed by atoms with van der Waals surface area (Å²) in [4.78, 5) is 2.82. The van der Waals surface area contributed by atoms with Crippen molar-refractivity contribution in [1.82, 2.24) is 10.2 Å². The Morgan fingerprint density at radius 1 is 1.13 bits per heavy atom. The van der Waals surface area contributed by atoms with Gasteiger partial charge in [-0.15, -0.1) is 0 Å². The fraction of sp³-hybridized carbons (Fsp3) is 1.00. The summed E-state index contributed by atoms with van der Waals surface area (Å²) >= 11 is 0. The van der Waals surface area contributed by atoms with Crippen LogP contribution in [0.1, 0.15) is 45.4 Å². The number of nitrogens with zero attached hydrogens (tertiary/aromatic N) is 1. The topological polar surface area (TPSA) is 15.3 Å². The number of hydrogen-bond acceptors (Lipinski definition) is 2. The van der Waals surface area contributed by atoms with Gasteiger partial charge in [0.1, 0.15) is 0 Å². The molecule has 0 aromatic carbocycles. The van der Waals surface area contributed by atoms with Crippen LogP contribution in [-0.4, -0.2) is 36.1 Å². The molecule has 0 aromatic rings. The van der Waals surface area contributed by atoms with Crippen molar-refractivity contribution in [3.63, 3.8) is 0 Å². The monoisotopic (exact) mass is 208 g/mol. The fourth-order valence-corrected chi connectivity index (χ4v) is 3.64. The first-order valence-corrected chi connectivity index (χ1v) is 6.85. The summed E-state index contributed by atoms with van der Waals surface area (Å²) in [7, 11) is 0. The van der Waals surface area contributed by atoms with Gasteiger partial charge < -0.3 is 5.32 Å². The number of rotatable bonds is 3. The Balaban J connectivity index is 1.65. The van der Waals surface area contributed by atoms with Crippen LogP contribution in [0.2, 0.25) is 0 Å². The molecule has 0 aromatic heterocycles. The summed E-state index contributed by atoms with van der Waals surface area (Å²) < 4.78 is 0. The Bertz CT molecular complexity index is 211. The van der Waals surface area contributed by atoms with Crippen LogP contribution in [0.3, 0.4) is 0 Å². The minimum Gasteiger partial charge on any atom is -0.312 e. The first-order chi connectivity index (χ1) is 7.36. The van der Waals surface area contributed by atoms with Gasteiger partial charge >= 0.3 is 0 Å². The average Bonchev–Trinajstić information content (AvgIpc) is 2.80. The van der Waals surface area contributed by atoms with Gasteiger partial charge in [0.05, 0.1) is 0 Å². The molecule has 2 saturated heterocycles. The van der Waals surface area contributed by atoms with Gasteiger partial charge in [-0.1, -0.05) is 0 Å². The zero-order valence-corrected chi connectivity index (χ0v) is 9.91. The molecule has 2 nitrogen and oxygen atoms in total. The Morgan fingerprint density at radius 3 is 2.67 bits per heavy atom. The maximum Gasteiger partial charge on any atom is 0.0252 e. The molecule has 3 atom stereocenters. The Kier molecular flexibility index (Phi) is 2.73. The van der Waals surface area contributed by atoms with E-state index in [0.717, 1.165) is 24.0 Å². The average molecular weight is 208 g/mol. The maximum absolute atomic E-state index is 3.70. The first-order valence-electron chi connectivity index (χ1n) is 6.85. The molecule has 2 heterocycles. The minimum atomic E-state index is 0.814. The SMILES string of the molecule is CC(C1CC1)N1CCCC1C1CCCN1. The van der Waals surface area contributed by atoms with E-state index in [4.69, 9.17) is 0 Å². The van der Waals surface area contributed by atoms with E-state index in [2.05, 4.69) is 17.1 Å². The molecule has 0 bridgehead atoms. The highest BCUT2D eigenvalue weighted by Gasteiger charge is 2.40. The molecule has 2 heteroatoms. The number of nitrogens with one attached hydrogen (secondary N) is 1. The van der Waals surface area contributed by atoms with Crippen LogP contribution in [0, 0.1) is 5.92 Å². The highest BCUT2D eigenvalue weighted by Crippen LogP contribution is 2.38. The Labute approximate surface area is 93.4 Å². The third kappa shape index (κ3) is 1.94. The predicted molar refractivity (Wildman–Crippen MR) is 62.9 cm³/mol. The second-order valence-corrected chi connectivity index (χ2v) is 5.73.